The second kappa shape index (κ2) is 6.56. The van der Waals surface area contributed by atoms with Crippen LogP contribution in [0.25, 0.3) is 0 Å². The zero-order valence-electron chi connectivity index (χ0n) is 11.0. The molecule has 0 saturated carbocycles. The number of hydrogen-bond acceptors (Lipinski definition) is 2. The van der Waals surface area contributed by atoms with Gasteiger partial charge in [0, 0.05) is 15.0 Å². The van der Waals surface area contributed by atoms with Crippen molar-refractivity contribution < 1.29 is 12.8 Å². The molecule has 0 aromatic heterocycles. The van der Waals surface area contributed by atoms with Crippen molar-refractivity contribution in [2.75, 3.05) is 0 Å². The smallest absolute Gasteiger partial charge is 0.207 e. The van der Waals surface area contributed by atoms with E-state index in [-0.39, 0.29) is 4.90 Å². The minimum absolute atomic E-state index is 0.366. The molecule has 2 aromatic carbocycles. The van der Waals surface area contributed by atoms with Gasteiger partial charge in [-0.3, -0.25) is 0 Å². The van der Waals surface area contributed by atoms with Crippen LogP contribution in [-0.2, 0) is 10.0 Å². The Morgan fingerprint density at radius 2 is 1.62 bits per heavy atom. The van der Waals surface area contributed by atoms with Crippen LogP contribution in [0.2, 0.25) is 0 Å². The van der Waals surface area contributed by atoms with Crippen LogP contribution >= 0.6 is 31.9 Å². The molecule has 0 aliphatic heterocycles. The maximum Gasteiger partial charge on any atom is 0.244 e. The summed E-state index contributed by atoms with van der Waals surface area (Å²) in [5.74, 6) is -0.792. The van der Waals surface area contributed by atoms with Gasteiger partial charge < -0.3 is 0 Å². The van der Waals surface area contributed by atoms with E-state index in [0.717, 1.165) is 16.1 Å². The molecule has 0 unspecified atom stereocenters. The molecule has 0 heterocycles. The first-order valence-electron chi connectivity index (χ1n) is 6.02. The fourth-order valence-corrected chi connectivity index (χ4v) is 3.70. The number of hydrogen-bond donors (Lipinski definition) is 1. The fourth-order valence-electron chi connectivity index (χ4n) is 1.81. The Kier molecular flexibility index (Phi) is 5.19. The summed E-state index contributed by atoms with van der Waals surface area (Å²) in [4.78, 5) is -0.366. The van der Waals surface area contributed by atoms with E-state index in [0.29, 0.717) is 4.47 Å². The van der Waals surface area contributed by atoms with Crippen molar-refractivity contribution >= 4 is 41.9 Å². The molecular weight excluding hydrogens is 425 g/mol. The summed E-state index contributed by atoms with van der Waals surface area (Å²) in [6, 6.07) is 10.6. The van der Waals surface area contributed by atoms with Crippen molar-refractivity contribution in [3.8, 4) is 0 Å². The molecule has 2 aromatic rings. The first-order chi connectivity index (χ1) is 9.79. The minimum atomic E-state index is -3.92. The first-order valence-corrected chi connectivity index (χ1v) is 9.09. The number of nitrogens with one attached hydrogen (secondary N) is 1. The zero-order chi connectivity index (χ0) is 15.6. The summed E-state index contributed by atoms with van der Waals surface area (Å²) in [5.41, 5.74) is 0.791. The highest BCUT2D eigenvalue weighted by atomic mass is 79.9. The van der Waals surface area contributed by atoms with Gasteiger partial charge >= 0.3 is 0 Å². The van der Waals surface area contributed by atoms with E-state index >= 15 is 0 Å². The van der Waals surface area contributed by atoms with Gasteiger partial charge in [-0.25, -0.2) is 17.5 Å². The van der Waals surface area contributed by atoms with E-state index in [2.05, 4.69) is 36.6 Å². The molecule has 0 aliphatic rings. The van der Waals surface area contributed by atoms with Gasteiger partial charge in [0.2, 0.25) is 10.0 Å². The summed E-state index contributed by atoms with van der Waals surface area (Å²) >= 11 is 6.41. The van der Waals surface area contributed by atoms with Gasteiger partial charge in [0.25, 0.3) is 0 Å². The lowest BCUT2D eigenvalue weighted by Gasteiger charge is -2.15. The van der Waals surface area contributed by atoms with Crippen LogP contribution in [0.1, 0.15) is 18.5 Å². The second-order valence-electron chi connectivity index (χ2n) is 4.47. The Morgan fingerprint density at radius 3 is 2.19 bits per heavy atom. The molecule has 0 amide bonds. The molecular formula is C14H12Br2FNO2S. The molecule has 0 saturated heterocycles. The van der Waals surface area contributed by atoms with Gasteiger partial charge in [0.15, 0.2) is 0 Å². The number of sulfonamides is 1. The van der Waals surface area contributed by atoms with Gasteiger partial charge in [-0.1, -0.05) is 44.0 Å². The largest absolute Gasteiger partial charge is 0.244 e. The quantitative estimate of drug-likeness (QED) is 0.772. The van der Waals surface area contributed by atoms with Crippen LogP contribution in [0, 0.1) is 5.82 Å². The summed E-state index contributed by atoms with van der Waals surface area (Å²) in [6.45, 7) is 1.71. The molecule has 0 fully saturated rings. The van der Waals surface area contributed by atoms with Gasteiger partial charge in [-0.15, -0.1) is 0 Å². The Hall–Kier alpha value is -0.760. The number of rotatable bonds is 4. The molecule has 7 heteroatoms. The highest BCUT2D eigenvalue weighted by molar-refractivity contribution is 9.10. The molecule has 0 radical (unpaired) electrons. The van der Waals surface area contributed by atoms with Crippen LogP contribution in [-0.4, -0.2) is 8.42 Å². The summed E-state index contributed by atoms with van der Waals surface area (Å²) in [7, 11) is -3.92. The van der Waals surface area contributed by atoms with E-state index in [1.165, 1.54) is 12.1 Å². The standard InChI is InChI=1S/C14H12Br2FNO2S/c1-9(10-2-4-11(15)5-3-10)18-21(19,20)14-7-6-12(16)8-13(14)17/h2-9,18H,1H3/t9-/m0/s1. The first kappa shape index (κ1) is 16.6. The topological polar surface area (TPSA) is 46.2 Å². The normalized spacial score (nSPS) is 13.1. The van der Waals surface area contributed by atoms with Crippen LogP contribution in [0.5, 0.6) is 0 Å². The average molecular weight is 437 g/mol. The van der Waals surface area contributed by atoms with Gasteiger partial charge in [-0.05, 0) is 42.8 Å². The van der Waals surface area contributed by atoms with Crippen molar-refractivity contribution in [2.24, 2.45) is 0 Å². The lowest BCUT2D eigenvalue weighted by Crippen LogP contribution is -2.27. The van der Waals surface area contributed by atoms with Crippen LogP contribution in [0.15, 0.2) is 56.3 Å². The molecule has 21 heavy (non-hydrogen) atoms. The van der Waals surface area contributed by atoms with Crippen molar-refractivity contribution in [1.82, 2.24) is 4.72 Å². The number of halogens is 3. The van der Waals surface area contributed by atoms with Crippen molar-refractivity contribution in [3.63, 3.8) is 0 Å². The Labute approximate surface area is 139 Å². The molecule has 0 aliphatic carbocycles. The van der Waals surface area contributed by atoms with Gasteiger partial charge in [-0.2, -0.15) is 0 Å². The van der Waals surface area contributed by atoms with E-state index in [1.54, 1.807) is 19.1 Å². The highest BCUT2D eigenvalue weighted by Crippen LogP contribution is 2.22. The summed E-state index contributed by atoms with van der Waals surface area (Å²) in [6.07, 6.45) is 0. The molecule has 0 spiro atoms. The van der Waals surface area contributed by atoms with E-state index in [4.69, 9.17) is 0 Å². The van der Waals surface area contributed by atoms with E-state index in [9.17, 15) is 12.8 Å². The second-order valence-corrected chi connectivity index (χ2v) is 7.98. The van der Waals surface area contributed by atoms with Gasteiger partial charge in [0.1, 0.15) is 10.7 Å². The maximum atomic E-state index is 13.8. The van der Waals surface area contributed by atoms with Crippen molar-refractivity contribution in [1.29, 1.82) is 0 Å². The Bertz CT molecular complexity index is 748. The van der Waals surface area contributed by atoms with Crippen LogP contribution in [0.3, 0.4) is 0 Å². The SMILES string of the molecule is C[C@H](NS(=O)(=O)c1ccc(Br)cc1F)c1ccc(Br)cc1. The molecule has 0 bridgehead atoms. The van der Waals surface area contributed by atoms with E-state index in [1.807, 2.05) is 12.1 Å². The van der Waals surface area contributed by atoms with E-state index < -0.39 is 21.9 Å². The highest BCUT2D eigenvalue weighted by Gasteiger charge is 2.22. The lowest BCUT2D eigenvalue weighted by atomic mass is 10.1. The third kappa shape index (κ3) is 4.12. The monoisotopic (exact) mass is 435 g/mol. The number of benzene rings is 2. The van der Waals surface area contributed by atoms with Crippen LogP contribution < -0.4 is 4.72 Å². The molecule has 1 atom stereocenters. The van der Waals surface area contributed by atoms with Crippen molar-refractivity contribution in [3.05, 3.63) is 62.8 Å². The predicted octanol–water partition coefficient (Wildman–Crippen LogP) is 4.39. The Morgan fingerprint density at radius 1 is 1.05 bits per heavy atom. The molecule has 2 rings (SSSR count). The fraction of sp³-hybridized carbons (Fsp3) is 0.143. The molecule has 112 valence electrons. The van der Waals surface area contributed by atoms with Crippen LogP contribution in [0.4, 0.5) is 4.39 Å². The average Bonchev–Trinajstić information content (AvgIpc) is 2.38. The summed E-state index contributed by atoms with van der Waals surface area (Å²) in [5, 5.41) is 0. The zero-order valence-corrected chi connectivity index (χ0v) is 15.0. The molecule has 1 N–H and O–H groups in total. The summed E-state index contributed by atoms with van der Waals surface area (Å²) < 4.78 is 42.1. The molecule has 3 nitrogen and oxygen atoms in total. The minimum Gasteiger partial charge on any atom is -0.207 e. The maximum absolute atomic E-state index is 13.8. The third-order valence-corrected chi connectivity index (χ3v) is 5.48. The third-order valence-electron chi connectivity index (χ3n) is 2.89. The lowest BCUT2D eigenvalue weighted by molar-refractivity contribution is 0.546. The predicted molar refractivity (Wildman–Crippen MR) is 87.0 cm³/mol. The van der Waals surface area contributed by atoms with Crippen molar-refractivity contribution in [2.45, 2.75) is 17.9 Å². The van der Waals surface area contributed by atoms with Gasteiger partial charge in [0.05, 0.1) is 0 Å². The Balaban J connectivity index is 2.26.